The third kappa shape index (κ3) is 5.00. The fourth-order valence-corrected chi connectivity index (χ4v) is 5.45. The van der Waals surface area contributed by atoms with E-state index < -0.39 is 0 Å². The third-order valence-corrected chi connectivity index (χ3v) is 7.45. The van der Waals surface area contributed by atoms with Crippen molar-refractivity contribution in [2.24, 2.45) is 0 Å². The Morgan fingerprint density at radius 1 is 0.366 bits per heavy atom. The van der Waals surface area contributed by atoms with E-state index in [1.54, 1.807) is 0 Å². The van der Waals surface area contributed by atoms with Crippen LogP contribution in [-0.4, -0.2) is 15.0 Å². The number of nitrogens with zero attached hydrogens (tertiary/aromatic N) is 3. The quantitative estimate of drug-likeness (QED) is 0.216. The first-order valence-electron chi connectivity index (χ1n) is 13.5. The molecule has 0 radical (unpaired) electrons. The van der Waals surface area contributed by atoms with E-state index in [0.717, 1.165) is 55.3 Å². The van der Waals surface area contributed by atoms with Crippen LogP contribution in [0.3, 0.4) is 0 Å². The van der Waals surface area contributed by atoms with E-state index in [9.17, 15) is 0 Å². The van der Waals surface area contributed by atoms with Gasteiger partial charge in [-0.2, -0.15) is 9.97 Å². The summed E-state index contributed by atoms with van der Waals surface area (Å²) in [7, 11) is 0. The molecule has 0 aliphatic heterocycles. The molecule has 7 rings (SSSR count). The highest BCUT2D eigenvalue weighted by atomic mass is 35.5. The number of hydrogen-bond donors (Lipinski definition) is 0. The number of fused-ring (bicyclic) bond motifs is 1. The highest BCUT2D eigenvalue weighted by Gasteiger charge is 2.16. The molecular weight excluding hydrogens is 522 g/mol. The van der Waals surface area contributed by atoms with Crippen molar-refractivity contribution < 1.29 is 0 Å². The Hall–Kier alpha value is -5.12. The maximum absolute atomic E-state index is 6.56. The first kappa shape index (κ1) is 24.9. The molecule has 194 valence electrons. The Morgan fingerprint density at radius 3 is 1.68 bits per heavy atom. The van der Waals surface area contributed by atoms with E-state index in [1.807, 2.05) is 36.4 Å². The zero-order valence-corrected chi connectivity index (χ0v) is 22.8. The first-order chi connectivity index (χ1) is 20.2. The lowest BCUT2D eigenvalue weighted by atomic mass is 9.94. The Morgan fingerprint density at radius 2 is 0.976 bits per heavy atom. The van der Waals surface area contributed by atoms with Crippen molar-refractivity contribution in [1.82, 2.24) is 15.0 Å². The van der Waals surface area contributed by atoms with Crippen LogP contribution in [-0.2, 0) is 0 Å². The van der Waals surface area contributed by atoms with Gasteiger partial charge >= 0.3 is 0 Å². The van der Waals surface area contributed by atoms with Crippen molar-refractivity contribution in [3.05, 3.63) is 151 Å². The van der Waals surface area contributed by atoms with Crippen LogP contribution in [0.15, 0.2) is 146 Å². The zero-order chi connectivity index (χ0) is 27.6. The molecule has 41 heavy (non-hydrogen) atoms. The average molecular weight is 546 g/mol. The van der Waals surface area contributed by atoms with E-state index in [4.69, 9.17) is 16.6 Å². The first-order valence-corrected chi connectivity index (χ1v) is 13.9. The molecule has 0 amide bonds. The summed E-state index contributed by atoms with van der Waals surface area (Å²) < 4.78 is 0. The Balaban J connectivity index is 1.38. The standard InChI is InChI=1S/C37H24ClN3/c38-37-40-35(30-20-19-28-17-10-18-31(33(28)24-30)26-13-6-2-7-14-26)39-36(41-37)32-22-21-29(25-11-4-1-5-12-25)23-34(32)27-15-8-3-9-16-27/h1-24H. The average Bonchev–Trinajstić information content (AvgIpc) is 3.05. The molecule has 0 unspecified atom stereocenters. The molecule has 7 aromatic rings. The predicted octanol–water partition coefficient (Wildman–Crippen LogP) is 10.0. The van der Waals surface area contributed by atoms with Gasteiger partial charge in [0.15, 0.2) is 11.6 Å². The minimum Gasteiger partial charge on any atom is -0.208 e. The molecule has 0 N–H and O–H groups in total. The SMILES string of the molecule is Clc1nc(-c2ccc3cccc(-c4ccccc4)c3c2)nc(-c2ccc(-c3ccccc3)cc2-c2ccccc2)n1. The summed E-state index contributed by atoms with van der Waals surface area (Å²) in [6, 6.07) is 50.1. The molecule has 0 saturated carbocycles. The molecule has 3 nitrogen and oxygen atoms in total. The molecule has 0 aliphatic carbocycles. The van der Waals surface area contributed by atoms with E-state index in [2.05, 4.69) is 119 Å². The summed E-state index contributed by atoms with van der Waals surface area (Å²) in [5.41, 5.74) is 8.48. The normalized spacial score (nSPS) is 11.0. The monoisotopic (exact) mass is 545 g/mol. The molecule has 6 aromatic carbocycles. The summed E-state index contributed by atoms with van der Waals surface area (Å²) in [6.45, 7) is 0. The molecule has 0 aliphatic rings. The van der Waals surface area contributed by atoms with E-state index in [-0.39, 0.29) is 5.28 Å². The van der Waals surface area contributed by atoms with Crippen LogP contribution in [0.5, 0.6) is 0 Å². The van der Waals surface area contributed by atoms with Gasteiger partial charge in [-0.25, -0.2) is 4.98 Å². The Labute approximate surface area is 243 Å². The van der Waals surface area contributed by atoms with Crippen LogP contribution in [0.4, 0.5) is 0 Å². The lowest BCUT2D eigenvalue weighted by Gasteiger charge is -2.13. The maximum atomic E-state index is 6.56. The summed E-state index contributed by atoms with van der Waals surface area (Å²) in [5, 5.41) is 2.44. The lowest BCUT2D eigenvalue weighted by Crippen LogP contribution is -1.99. The van der Waals surface area contributed by atoms with Gasteiger partial charge in [0.2, 0.25) is 5.28 Å². The summed E-state index contributed by atoms with van der Waals surface area (Å²) in [5.74, 6) is 1.07. The van der Waals surface area contributed by atoms with Gasteiger partial charge in [-0.15, -0.1) is 0 Å². The second-order valence-corrected chi connectivity index (χ2v) is 10.2. The molecular formula is C37H24ClN3. The largest absolute Gasteiger partial charge is 0.226 e. The van der Waals surface area contributed by atoms with Crippen molar-refractivity contribution in [3.63, 3.8) is 0 Å². The second-order valence-electron chi connectivity index (χ2n) is 9.85. The van der Waals surface area contributed by atoms with Crippen molar-refractivity contribution in [2.45, 2.75) is 0 Å². The number of hydrogen-bond acceptors (Lipinski definition) is 3. The topological polar surface area (TPSA) is 38.7 Å². The van der Waals surface area contributed by atoms with Crippen LogP contribution < -0.4 is 0 Å². The number of aromatic nitrogens is 3. The van der Waals surface area contributed by atoms with Crippen LogP contribution in [0.2, 0.25) is 5.28 Å². The molecule has 1 aromatic heterocycles. The molecule has 0 spiro atoms. The van der Waals surface area contributed by atoms with Gasteiger partial charge in [0.05, 0.1) is 0 Å². The summed E-state index contributed by atoms with van der Waals surface area (Å²) >= 11 is 6.56. The second kappa shape index (κ2) is 10.8. The van der Waals surface area contributed by atoms with Crippen LogP contribution in [0.25, 0.3) is 66.9 Å². The molecule has 0 fully saturated rings. The fraction of sp³-hybridized carbons (Fsp3) is 0. The Bertz CT molecular complexity index is 1990. The van der Waals surface area contributed by atoms with Gasteiger partial charge in [-0.1, -0.05) is 127 Å². The highest BCUT2D eigenvalue weighted by Crippen LogP contribution is 2.36. The highest BCUT2D eigenvalue weighted by molar-refractivity contribution is 6.28. The van der Waals surface area contributed by atoms with Gasteiger partial charge < -0.3 is 0 Å². The van der Waals surface area contributed by atoms with E-state index in [1.165, 1.54) is 0 Å². The van der Waals surface area contributed by atoms with E-state index in [0.29, 0.717) is 11.6 Å². The van der Waals surface area contributed by atoms with Crippen molar-refractivity contribution in [1.29, 1.82) is 0 Å². The fourth-order valence-electron chi connectivity index (χ4n) is 5.29. The van der Waals surface area contributed by atoms with Crippen molar-refractivity contribution >= 4 is 22.4 Å². The summed E-state index contributed by atoms with van der Waals surface area (Å²) in [6.07, 6.45) is 0. The number of rotatable bonds is 5. The van der Waals surface area contributed by atoms with Gasteiger partial charge in [0.1, 0.15) is 0 Å². The molecule has 0 atom stereocenters. The van der Waals surface area contributed by atoms with Crippen LogP contribution in [0.1, 0.15) is 0 Å². The minimum absolute atomic E-state index is 0.160. The van der Waals surface area contributed by atoms with E-state index >= 15 is 0 Å². The van der Waals surface area contributed by atoms with Crippen molar-refractivity contribution in [3.8, 4) is 56.2 Å². The van der Waals surface area contributed by atoms with Gasteiger partial charge in [-0.05, 0) is 74.0 Å². The number of halogens is 1. The molecule has 1 heterocycles. The van der Waals surface area contributed by atoms with Crippen LogP contribution in [0, 0.1) is 0 Å². The van der Waals surface area contributed by atoms with Gasteiger partial charge in [-0.3, -0.25) is 0 Å². The zero-order valence-electron chi connectivity index (χ0n) is 22.1. The smallest absolute Gasteiger partial charge is 0.208 e. The Kier molecular flexibility index (Phi) is 6.56. The molecule has 0 saturated heterocycles. The maximum Gasteiger partial charge on any atom is 0.226 e. The molecule has 0 bridgehead atoms. The van der Waals surface area contributed by atoms with Crippen LogP contribution >= 0.6 is 11.6 Å². The lowest BCUT2D eigenvalue weighted by molar-refractivity contribution is 1.07. The predicted molar refractivity (Wildman–Crippen MR) is 170 cm³/mol. The van der Waals surface area contributed by atoms with Gasteiger partial charge in [0, 0.05) is 11.1 Å². The number of benzene rings is 6. The summed E-state index contributed by atoms with van der Waals surface area (Å²) in [4.78, 5) is 14.1. The third-order valence-electron chi connectivity index (χ3n) is 7.29. The van der Waals surface area contributed by atoms with Crippen molar-refractivity contribution in [2.75, 3.05) is 0 Å². The van der Waals surface area contributed by atoms with Gasteiger partial charge in [0.25, 0.3) is 0 Å². The minimum atomic E-state index is 0.160. The molecule has 4 heteroatoms.